The van der Waals surface area contributed by atoms with Gasteiger partial charge < -0.3 is 15.2 Å². The van der Waals surface area contributed by atoms with Crippen LogP contribution < -0.4 is 5.32 Å². The van der Waals surface area contributed by atoms with Crippen LogP contribution in [0.15, 0.2) is 11.6 Å². The van der Waals surface area contributed by atoms with E-state index in [1.165, 1.54) is 5.57 Å². The van der Waals surface area contributed by atoms with Crippen molar-refractivity contribution in [2.45, 2.75) is 73.3 Å². The number of hydrogen-bond acceptors (Lipinski definition) is 3. The molecule has 1 unspecified atom stereocenters. The van der Waals surface area contributed by atoms with Crippen molar-refractivity contribution in [3.05, 3.63) is 11.6 Å². The molecule has 2 N–H and O–H groups in total. The predicted molar refractivity (Wildman–Crippen MR) is 102 cm³/mol. The van der Waals surface area contributed by atoms with Crippen LogP contribution in [0.25, 0.3) is 0 Å². The molecule has 1 saturated carbocycles. The molecule has 5 heteroatoms. The fraction of sp³-hybridized carbons (Fsp3) is 0.810. The molecule has 0 aromatic carbocycles. The van der Waals surface area contributed by atoms with E-state index in [1.807, 2.05) is 41.5 Å². The number of allylic oxidation sites excluding steroid dienone is 2. The molecular weight excluding hydrogens is 330 g/mol. The molecule has 148 valence electrons. The summed E-state index contributed by atoms with van der Waals surface area (Å²) in [6, 6.07) is 0. The van der Waals surface area contributed by atoms with Crippen LogP contribution in [0.2, 0.25) is 0 Å². The van der Waals surface area contributed by atoms with Crippen molar-refractivity contribution in [3.63, 3.8) is 0 Å². The summed E-state index contributed by atoms with van der Waals surface area (Å²) in [5.41, 5.74) is -0.00651. The molecule has 0 heterocycles. The van der Waals surface area contributed by atoms with Gasteiger partial charge in [0.15, 0.2) is 0 Å². The SMILES string of the molecule is CCC1=C[C@H]2[C@H](C1)C[C@@]2(CNC(=O)OC(C)(C)C)C(C(=O)O)C(C)(C)C. The summed E-state index contributed by atoms with van der Waals surface area (Å²) in [5, 5.41) is 12.9. The molecule has 0 aromatic heterocycles. The zero-order valence-electron chi connectivity index (χ0n) is 17.3. The number of carboxylic acid groups (broad SMARTS) is 1. The number of carbonyl (C=O) groups excluding carboxylic acids is 1. The number of amides is 1. The summed E-state index contributed by atoms with van der Waals surface area (Å²) < 4.78 is 5.37. The molecule has 0 aromatic rings. The average Bonchev–Trinajstić information content (AvgIpc) is 2.77. The first-order chi connectivity index (χ1) is 11.8. The number of carbonyl (C=O) groups is 2. The number of nitrogens with one attached hydrogen (secondary N) is 1. The quantitative estimate of drug-likeness (QED) is 0.697. The van der Waals surface area contributed by atoms with E-state index in [9.17, 15) is 14.7 Å². The zero-order chi connectivity index (χ0) is 19.9. The van der Waals surface area contributed by atoms with Gasteiger partial charge in [-0.15, -0.1) is 0 Å². The molecular formula is C21H35NO4. The van der Waals surface area contributed by atoms with E-state index in [2.05, 4.69) is 18.3 Å². The molecule has 2 aliphatic carbocycles. The first-order valence-electron chi connectivity index (χ1n) is 9.69. The van der Waals surface area contributed by atoms with Crippen LogP contribution in [0.5, 0.6) is 0 Å². The van der Waals surface area contributed by atoms with Gasteiger partial charge in [0.1, 0.15) is 5.60 Å². The van der Waals surface area contributed by atoms with Gasteiger partial charge in [0.05, 0.1) is 5.92 Å². The van der Waals surface area contributed by atoms with Gasteiger partial charge >= 0.3 is 12.1 Å². The molecule has 0 spiro atoms. The van der Waals surface area contributed by atoms with Crippen molar-refractivity contribution < 1.29 is 19.4 Å². The molecule has 1 fully saturated rings. The van der Waals surface area contributed by atoms with Crippen LogP contribution in [0.1, 0.15) is 67.7 Å². The highest BCUT2D eigenvalue weighted by molar-refractivity contribution is 5.73. The first kappa shape index (κ1) is 20.8. The number of carboxylic acids is 1. The van der Waals surface area contributed by atoms with Gasteiger partial charge in [-0.25, -0.2) is 4.79 Å². The lowest BCUT2D eigenvalue weighted by Crippen LogP contribution is -2.61. The van der Waals surface area contributed by atoms with Gasteiger partial charge in [0.2, 0.25) is 0 Å². The highest BCUT2D eigenvalue weighted by atomic mass is 16.6. The molecule has 2 rings (SSSR count). The Balaban J connectivity index is 2.28. The maximum absolute atomic E-state index is 12.2. The van der Waals surface area contributed by atoms with Gasteiger partial charge in [-0.05, 0) is 57.3 Å². The molecule has 1 amide bonds. The fourth-order valence-electron chi connectivity index (χ4n) is 5.11. The standard InChI is InChI=1S/C21H35NO4/c1-8-13-9-14-11-21(15(14)10-13,16(17(23)24)19(2,3)4)12-22-18(25)26-20(5,6)7/h10,14-16H,8-9,11-12H2,1-7H3,(H,22,25)(H,23,24)/t14-,15+,16?,21+/m1/s1. The maximum Gasteiger partial charge on any atom is 0.407 e. The third-order valence-electron chi connectivity index (χ3n) is 5.86. The highest BCUT2D eigenvalue weighted by Gasteiger charge is 2.62. The minimum atomic E-state index is -0.778. The molecule has 0 aliphatic heterocycles. The Morgan fingerprint density at radius 2 is 1.92 bits per heavy atom. The van der Waals surface area contributed by atoms with Crippen molar-refractivity contribution >= 4 is 12.1 Å². The minimum Gasteiger partial charge on any atom is -0.481 e. The second kappa shape index (κ2) is 6.90. The van der Waals surface area contributed by atoms with E-state index in [1.54, 1.807) is 0 Å². The largest absolute Gasteiger partial charge is 0.481 e. The normalized spacial score (nSPS) is 29.3. The van der Waals surface area contributed by atoms with Crippen LogP contribution in [-0.4, -0.2) is 29.3 Å². The number of rotatable bonds is 5. The highest BCUT2D eigenvalue weighted by Crippen LogP contribution is 2.64. The summed E-state index contributed by atoms with van der Waals surface area (Å²) >= 11 is 0. The Kier molecular flexibility index (Phi) is 5.51. The van der Waals surface area contributed by atoms with Crippen molar-refractivity contribution in [2.75, 3.05) is 6.54 Å². The van der Waals surface area contributed by atoms with E-state index in [0.29, 0.717) is 12.5 Å². The van der Waals surface area contributed by atoms with E-state index < -0.39 is 34.4 Å². The summed E-state index contributed by atoms with van der Waals surface area (Å²) in [6.07, 6.45) is 4.71. The zero-order valence-corrected chi connectivity index (χ0v) is 17.3. The Labute approximate surface area is 157 Å². The molecule has 4 atom stereocenters. The van der Waals surface area contributed by atoms with Gasteiger partial charge in [0.25, 0.3) is 0 Å². The van der Waals surface area contributed by atoms with Gasteiger partial charge in [0, 0.05) is 12.0 Å². The Morgan fingerprint density at radius 1 is 1.31 bits per heavy atom. The summed E-state index contributed by atoms with van der Waals surface area (Å²) in [5.74, 6) is -0.582. The number of aliphatic carboxylic acids is 1. The van der Waals surface area contributed by atoms with Crippen LogP contribution in [0, 0.1) is 28.6 Å². The van der Waals surface area contributed by atoms with Crippen LogP contribution >= 0.6 is 0 Å². The molecule has 0 saturated heterocycles. The van der Waals surface area contributed by atoms with Gasteiger partial charge in [-0.3, -0.25) is 4.79 Å². The second-order valence-electron chi connectivity index (χ2n) is 10.1. The molecule has 26 heavy (non-hydrogen) atoms. The third-order valence-corrected chi connectivity index (χ3v) is 5.86. The van der Waals surface area contributed by atoms with Crippen molar-refractivity contribution in [1.82, 2.24) is 5.32 Å². The third kappa shape index (κ3) is 4.07. The van der Waals surface area contributed by atoms with Gasteiger partial charge in [-0.1, -0.05) is 39.3 Å². The summed E-state index contributed by atoms with van der Waals surface area (Å²) in [7, 11) is 0. The molecule has 0 bridgehead atoms. The number of ether oxygens (including phenoxy) is 1. The number of alkyl carbamates (subject to hydrolysis) is 1. The lowest BCUT2D eigenvalue weighted by molar-refractivity contribution is -0.167. The Hall–Kier alpha value is -1.52. The first-order valence-corrected chi connectivity index (χ1v) is 9.69. The summed E-state index contributed by atoms with van der Waals surface area (Å²) in [4.78, 5) is 24.4. The van der Waals surface area contributed by atoms with E-state index in [0.717, 1.165) is 19.3 Å². The van der Waals surface area contributed by atoms with Crippen LogP contribution in [0.4, 0.5) is 4.79 Å². The average molecular weight is 366 g/mol. The van der Waals surface area contributed by atoms with E-state index in [-0.39, 0.29) is 5.92 Å². The van der Waals surface area contributed by atoms with E-state index >= 15 is 0 Å². The molecule has 2 aliphatic rings. The number of hydrogen-bond donors (Lipinski definition) is 2. The maximum atomic E-state index is 12.2. The monoisotopic (exact) mass is 365 g/mol. The summed E-state index contributed by atoms with van der Waals surface area (Å²) in [6.45, 7) is 13.9. The van der Waals surface area contributed by atoms with Crippen molar-refractivity contribution in [2.24, 2.45) is 28.6 Å². The topological polar surface area (TPSA) is 75.6 Å². The van der Waals surface area contributed by atoms with Crippen molar-refractivity contribution in [1.29, 1.82) is 0 Å². The Bertz CT molecular complexity index is 596. The van der Waals surface area contributed by atoms with Crippen LogP contribution in [-0.2, 0) is 9.53 Å². The lowest BCUT2D eigenvalue weighted by Gasteiger charge is -2.58. The minimum absolute atomic E-state index is 0.215. The predicted octanol–water partition coefficient (Wildman–Crippen LogP) is 4.62. The molecule has 5 nitrogen and oxygen atoms in total. The second-order valence-corrected chi connectivity index (χ2v) is 10.1. The van der Waals surface area contributed by atoms with E-state index in [4.69, 9.17) is 4.74 Å². The van der Waals surface area contributed by atoms with Crippen LogP contribution in [0.3, 0.4) is 0 Å². The fourth-order valence-corrected chi connectivity index (χ4v) is 5.11. The van der Waals surface area contributed by atoms with Crippen molar-refractivity contribution in [3.8, 4) is 0 Å². The Morgan fingerprint density at radius 3 is 2.38 bits per heavy atom. The molecule has 0 radical (unpaired) electrons. The smallest absolute Gasteiger partial charge is 0.407 e. The van der Waals surface area contributed by atoms with Gasteiger partial charge in [-0.2, -0.15) is 0 Å². The number of fused-ring (bicyclic) bond motifs is 1. The lowest BCUT2D eigenvalue weighted by atomic mass is 9.46.